The normalized spacial score (nSPS) is 15.0. The molecule has 0 aliphatic heterocycles. The van der Waals surface area contributed by atoms with E-state index in [2.05, 4.69) is 0 Å². The minimum absolute atomic E-state index is 0.376. The van der Waals surface area contributed by atoms with E-state index in [1.54, 1.807) is 6.92 Å². The topological polar surface area (TPSA) is 46.5 Å². The molecule has 0 aromatic carbocycles. The number of hydrogen-bond donors (Lipinski definition) is 1. The summed E-state index contributed by atoms with van der Waals surface area (Å²) in [6, 6.07) is 3.70. The van der Waals surface area contributed by atoms with Gasteiger partial charge in [-0.1, -0.05) is 6.07 Å². The Morgan fingerprint density at radius 3 is 2.77 bits per heavy atom. The van der Waals surface area contributed by atoms with Crippen LogP contribution in [-0.2, 0) is 9.53 Å². The van der Waals surface area contributed by atoms with Crippen molar-refractivity contribution in [2.75, 3.05) is 0 Å². The molecule has 0 fully saturated rings. The standard InChI is InChI=1S/C9H12O3S/c1-6(10)9(12-7(2)11)8-4-3-5-13-8/h3-6,9-10H,1-2H3/t6-,9-/m0/s1. The highest BCUT2D eigenvalue weighted by Gasteiger charge is 2.20. The first-order chi connectivity index (χ1) is 6.11. The molecule has 0 aliphatic rings. The first kappa shape index (κ1) is 10.2. The van der Waals surface area contributed by atoms with Crippen molar-refractivity contribution in [2.45, 2.75) is 26.1 Å². The van der Waals surface area contributed by atoms with Crippen molar-refractivity contribution in [3.8, 4) is 0 Å². The Kier molecular flexibility index (Phi) is 3.45. The van der Waals surface area contributed by atoms with Crippen LogP contribution in [-0.4, -0.2) is 17.2 Å². The van der Waals surface area contributed by atoms with Gasteiger partial charge in [0, 0.05) is 11.8 Å². The van der Waals surface area contributed by atoms with Gasteiger partial charge in [0.15, 0.2) is 6.10 Å². The zero-order valence-corrected chi connectivity index (χ0v) is 8.38. The van der Waals surface area contributed by atoms with Gasteiger partial charge in [-0.05, 0) is 18.4 Å². The predicted octanol–water partition coefficient (Wildman–Crippen LogP) is 1.73. The van der Waals surface area contributed by atoms with Gasteiger partial charge >= 0.3 is 5.97 Å². The van der Waals surface area contributed by atoms with E-state index in [-0.39, 0.29) is 5.97 Å². The van der Waals surface area contributed by atoms with E-state index in [4.69, 9.17) is 4.74 Å². The van der Waals surface area contributed by atoms with Crippen LogP contribution >= 0.6 is 11.3 Å². The average molecular weight is 200 g/mol. The highest BCUT2D eigenvalue weighted by atomic mass is 32.1. The minimum atomic E-state index is -0.678. The molecule has 4 heteroatoms. The van der Waals surface area contributed by atoms with Crippen molar-refractivity contribution in [2.24, 2.45) is 0 Å². The Balaban J connectivity index is 2.74. The second-order valence-corrected chi connectivity index (χ2v) is 3.77. The molecular weight excluding hydrogens is 188 g/mol. The molecule has 1 heterocycles. The molecule has 3 nitrogen and oxygen atoms in total. The first-order valence-corrected chi connectivity index (χ1v) is 4.88. The van der Waals surface area contributed by atoms with Crippen LogP contribution in [0.15, 0.2) is 17.5 Å². The van der Waals surface area contributed by atoms with Gasteiger partial charge in [-0.3, -0.25) is 4.79 Å². The van der Waals surface area contributed by atoms with Gasteiger partial charge < -0.3 is 9.84 Å². The van der Waals surface area contributed by atoms with Gasteiger partial charge in [0.1, 0.15) is 0 Å². The van der Waals surface area contributed by atoms with Crippen molar-refractivity contribution >= 4 is 17.3 Å². The molecule has 0 amide bonds. The highest BCUT2D eigenvalue weighted by molar-refractivity contribution is 7.10. The fraction of sp³-hybridized carbons (Fsp3) is 0.444. The number of carbonyl (C=O) groups excluding carboxylic acids is 1. The Labute approximate surface area is 81.0 Å². The van der Waals surface area contributed by atoms with E-state index in [0.29, 0.717) is 0 Å². The fourth-order valence-corrected chi connectivity index (χ4v) is 1.88. The molecule has 72 valence electrons. The maximum absolute atomic E-state index is 10.7. The lowest BCUT2D eigenvalue weighted by Crippen LogP contribution is -2.19. The van der Waals surface area contributed by atoms with Crippen molar-refractivity contribution in [3.05, 3.63) is 22.4 Å². The van der Waals surface area contributed by atoms with Crippen molar-refractivity contribution in [1.82, 2.24) is 0 Å². The smallest absolute Gasteiger partial charge is 0.303 e. The van der Waals surface area contributed by atoms with Gasteiger partial charge in [0.25, 0.3) is 0 Å². The molecule has 1 rings (SSSR count). The van der Waals surface area contributed by atoms with Crippen LogP contribution in [0.1, 0.15) is 24.8 Å². The number of hydrogen-bond acceptors (Lipinski definition) is 4. The molecule has 2 atom stereocenters. The maximum Gasteiger partial charge on any atom is 0.303 e. The largest absolute Gasteiger partial charge is 0.454 e. The molecule has 1 aromatic rings. The zero-order chi connectivity index (χ0) is 9.84. The third-order valence-electron chi connectivity index (χ3n) is 1.55. The summed E-state index contributed by atoms with van der Waals surface area (Å²) < 4.78 is 4.98. The number of aliphatic hydroxyl groups is 1. The van der Waals surface area contributed by atoms with Gasteiger partial charge in [-0.2, -0.15) is 0 Å². The SMILES string of the molecule is CC(=O)O[C@H](c1cccs1)[C@H](C)O. The molecule has 1 N–H and O–H groups in total. The molecule has 0 unspecified atom stereocenters. The second kappa shape index (κ2) is 4.39. The van der Waals surface area contributed by atoms with E-state index in [9.17, 15) is 9.90 Å². The van der Waals surface area contributed by atoms with Crippen LogP contribution in [0.25, 0.3) is 0 Å². The first-order valence-electron chi connectivity index (χ1n) is 4.00. The van der Waals surface area contributed by atoms with E-state index < -0.39 is 12.2 Å². The van der Waals surface area contributed by atoms with Crippen LogP contribution in [0, 0.1) is 0 Å². The summed E-state index contributed by atoms with van der Waals surface area (Å²) in [6.07, 6.45) is -1.21. The van der Waals surface area contributed by atoms with Gasteiger partial charge in [-0.15, -0.1) is 11.3 Å². The van der Waals surface area contributed by atoms with Crippen LogP contribution in [0.3, 0.4) is 0 Å². The number of carbonyl (C=O) groups is 1. The van der Waals surface area contributed by atoms with E-state index >= 15 is 0 Å². The van der Waals surface area contributed by atoms with Crippen molar-refractivity contribution in [1.29, 1.82) is 0 Å². The van der Waals surface area contributed by atoms with Crippen LogP contribution in [0.5, 0.6) is 0 Å². The van der Waals surface area contributed by atoms with Crippen molar-refractivity contribution < 1.29 is 14.6 Å². The summed E-state index contributed by atoms with van der Waals surface area (Å²) >= 11 is 1.46. The summed E-state index contributed by atoms with van der Waals surface area (Å²) in [7, 11) is 0. The molecule has 0 saturated carbocycles. The lowest BCUT2D eigenvalue weighted by molar-refractivity contribution is -0.152. The lowest BCUT2D eigenvalue weighted by Gasteiger charge is -2.17. The number of thiophene rings is 1. The zero-order valence-electron chi connectivity index (χ0n) is 7.56. The Hall–Kier alpha value is -0.870. The van der Waals surface area contributed by atoms with Crippen LogP contribution in [0.4, 0.5) is 0 Å². The average Bonchev–Trinajstić information content (AvgIpc) is 2.50. The quantitative estimate of drug-likeness (QED) is 0.756. The third-order valence-corrected chi connectivity index (χ3v) is 2.49. The monoisotopic (exact) mass is 200 g/mol. The fourth-order valence-electron chi connectivity index (χ4n) is 1.03. The molecule has 0 bridgehead atoms. The molecular formula is C9H12O3S. The Morgan fingerprint density at radius 2 is 2.38 bits per heavy atom. The summed E-state index contributed by atoms with van der Waals surface area (Å²) in [6.45, 7) is 2.94. The molecule has 0 saturated heterocycles. The summed E-state index contributed by atoms with van der Waals surface area (Å²) in [5, 5.41) is 11.2. The van der Waals surface area contributed by atoms with Crippen molar-refractivity contribution in [3.63, 3.8) is 0 Å². The molecule has 0 aliphatic carbocycles. The molecule has 0 spiro atoms. The Bertz CT molecular complexity index is 266. The third kappa shape index (κ3) is 2.82. The minimum Gasteiger partial charge on any atom is -0.454 e. The van der Waals surface area contributed by atoms with Gasteiger partial charge in [0.05, 0.1) is 6.10 Å². The van der Waals surface area contributed by atoms with Crippen LogP contribution in [0.2, 0.25) is 0 Å². The molecule has 1 aromatic heterocycles. The number of rotatable bonds is 3. The number of ether oxygens (including phenoxy) is 1. The number of aliphatic hydroxyl groups excluding tert-OH is 1. The lowest BCUT2D eigenvalue weighted by atomic mass is 10.2. The van der Waals surface area contributed by atoms with Gasteiger partial charge in [0.2, 0.25) is 0 Å². The summed E-state index contributed by atoms with van der Waals surface area (Å²) in [4.78, 5) is 11.6. The summed E-state index contributed by atoms with van der Waals surface area (Å²) in [5.41, 5.74) is 0. The Morgan fingerprint density at radius 1 is 1.69 bits per heavy atom. The van der Waals surface area contributed by atoms with E-state index in [1.165, 1.54) is 18.3 Å². The highest BCUT2D eigenvalue weighted by Crippen LogP contribution is 2.25. The predicted molar refractivity (Wildman–Crippen MR) is 50.5 cm³/mol. The second-order valence-electron chi connectivity index (χ2n) is 2.79. The van der Waals surface area contributed by atoms with E-state index in [0.717, 1.165) is 4.88 Å². The van der Waals surface area contributed by atoms with Crippen LogP contribution < -0.4 is 0 Å². The summed E-state index contributed by atoms with van der Waals surface area (Å²) in [5.74, 6) is -0.376. The van der Waals surface area contributed by atoms with Gasteiger partial charge in [-0.25, -0.2) is 0 Å². The number of esters is 1. The van der Waals surface area contributed by atoms with E-state index in [1.807, 2.05) is 17.5 Å². The molecule has 13 heavy (non-hydrogen) atoms. The maximum atomic E-state index is 10.7. The molecule has 0 radical (unpaired) electrons.